The third-order valence-corrected chi connectivity index (χ3v) is 5.67. The fourth-order valence-electron chi connectivity index (χ4n) is 2.38. The first kappa shape index (κ1) is 22.5. The molecule has 1 heterocycles. The van der Waals surface area contributed by atoms with Crippen LogP contribution in [0.1, 0.15) is 11.1 Å². The van der Waals surface area contributed by atoms with Crippen LogP contribution in [-0.2, 0) is 6.61 Å². The Morgan fingerprint density at radius 3 is 2.57 bits per heavy atom. The van der Waals surface area contributed by atoms with Crippen LogP contribution in [0.4, 0.5) is 11.5 Å². The Morgan fingerprint density at radius 2 is 1.90 bits per heavy atom. The molecule has 7 nitrogen and oxygen atoms in total. The van der Waals surface area contributed by atoms with Crippen molar-refractivity contribution in [1.29, 1.82) is 0 Å². The Morgan fingerprint density at radius 1 is 1.17 bits per heavy atom. The number of anilines is 1. The van der Waals surface area contributed by atoms with Gasteiger partial charge in [-0.3, -0.25) is 15.5 Å². The number of nitrogens with zero attached hydrogens (tertiary/aromatic N) is 3. The maximum Gasteiger partial charge on any atom is 0.313 e. The predicted molar refractivity (Wildman–Crippen MR) is 125 cm³/mol. The van der Waals surface area contributed by atoms with Crippen molar-refractivity contribution in [1.82, 2.24) is 4.98 Å². The highest BCUT2D eigenvalue weighted by molar-refractivity contribution is 9.11. The highest BCUT2D eigenvalue weighted by Gasteiger charge is 2.13. The van der Waals surface area contributed by atoms with Gasteiger partial charge in [-0.2, -0.15) is 5.10 Å². The van der Waals surface area contributed by atoms with Crippen LogP contribution in [0.3, 0.4) is 0 Å². The number of nitro groups is 1. The molecule has 0 amide bonds. The number of hydrogen-bond donors (Lipinski definition) is 1. The van der Waals surface area contributed by atoms with Crippen molar-refractivity contribution in [3.63, 3.8) is 0 Å². The first-order valence-corrected chi connectivity index (χ1v) is 10.6. The zero-order valence-electron chi connectivity index (χ0n) is 15.0. The van der Waals surface area contributed by atoms with E-state index in [1.165, 1.54) is 24.5 Å². The molecule has 0 bridgehead atoms. The van der Waals surface area contributed by atoms with Crippen molar-refractivity contribution >= 4 is 72.8 Å². The number of hydrogen-bond acceptors (Lipinski definition) is 6. The largest absolute Gasteiger partial charge is 0.487 e. The molecule has 0 saturated heterocycles. The van der Waals surface area contributed by atoms with Crippen LogP contribution >= 0.6 is 55.1 Å². The average Bonchev–Trinajstić information content (AvgIpc) is 2.70. The van der Waals surface area contributed by atoms with Crippen molar-refractivity contribution in [2.75, 3.05) is 5.43 Å². The standard InChI is InChI=1S/C19H12Br2Cl2N4O3/c20-13-6-12(9-25-26-19-17(27(28)29)2-1-5-24-19)7-14(21)18(13)30-10-11-3-4-15(22)16(23)8-11/h1-9H,10H2,(H,24,26)/b25-9-. The lowest BCUT2D eigenvalue weighted by Gasteiger charge is -2.12. The summed E-state index contributed by atoms with van der Waals surface area (Å²) in [4.78, 5) is 14.4. The van der Waals surface area contributed by atoms with Gasteiger partial charge in [-0.1, -0.05) is 29.3 Å². The monoisotopic (exact) mass is 572 g/mol. The summed E-state index contributed by atoms with van der Waals surface area (Å²) in [5.74, 6) is 0.657. The van der Waals surface area contributed by atoms with Gasteiger partial charge in [-0.15, -0.1) is 0 Å². The maximum atomic E-state index is 11.0. The van der Waals surface area contributed by atoms with E-state index in [0.29, 0.717) is 31.3 Å². The van der Waals surface area contributed by atoms with Gasteiger partial charge in [0.2, 0.25) is 5.82 Å². The zero-order chi connectivity index (χ0) is 21.7. The van der Waals surface area contributed by atoms with Crippen LogP contribution in [0.25, 0.3) is 0 Å². The summed E-state index contributed by atoms with van der Waals surface area (Å²) in [5.41, 5.74) is 4.01. The molecule has 3 rings (SSSR count). The summed E-state index contributed by atoms with van der Waals surface area (Å²) < 4.78 is 7.27. The second kappa shape index (κ2) is 10.2. The van der Waals surface area contributed by atoms with Crippen LogP contribution in [0.15, 0.2) is 62.7 Å². The Bertz CT molecular complexity index is 1110. The lowest BCUT2D eigenvalue weighted by Crippen LogP contribution is -2.00. The van der Waals surface area contributed by atoms with Crippen LogP contribution in [-0.4, -0.2) is 16.1 Å². The number of pyridine rings is 1. The van der Waals surface area contributed by atoms with Crippen LogP contribution in [0.2, 0.25) is 10.0 Å². The molecule has 0 unspecified atom stereocenters. The minimum Gasteiger partial charge on any atom is -0.487 e. The number of hydrazone groups is 1. The van der Waals surface area contributed by atoms with E-state index in [1.54, 1.807) is 24.3 Å². The lowest BCUT2D eigenvalue weighted by molar-refractivity contribution is -0.384. The molecule has 3 aromatic rings. The highest BCUT2D eigenvalue weighted by atomic mass is 79.9. The van der Waals surface area contributed by atoms with Gasteiger partial charge in [0.15, 0.2) is 0 Å². The van der Waals surface area contributed by atoms with Gasteiger partial charge in [0.05, 0.1) is 30.1 Å². The highest BCUT2D eigenvalue weighted by Crippen LogP contribution is 2.35. The molecular formula is C19H12Br2Cl2N4O3. The van der Waals surface area contributed by atoms with Gasteiger partial charge < -0.3 is 4.74 Å². The van der Waals surface area contributed by atoms with Gasteiger partial charge >= 0.3 is 5.69 Å². The summed E-state index contributed by atoms with van der Waals surface area (Å²) in [5, 5.41) is 16.0. The topological polar surface area (TPSA) is 89.7 Å². The number of ether oxygens (including phenoxy) is 1. The average molecular weight is 575 g/mol. The van der Waals surface area contributed by atoms with Crippen molar-refractivity contribution < 1.29 is 9.66 Å². The summed E-state index contributed by atoms with van der Waals surface area (Å²) >= 11 is 18.9. The van der Waals surface area contributed by atoms with Gasteiger partial charge in [0.25, 0.3) is 0 Å². The minimum atomic E-state index is -0.530. The maximum absolute atomic E-state index is 11.0. The summed E-state index contributed by atoms with van der Waals surface area (Å²) in [6, 6.07) is 11.7. The SMILES string of the molecule is O=[N+]([O-])c1cccnc1N/N=C\c1cc(Br)c(OCc2ccc(Cl)c(Cl)c2)c(Br)c1. The quantitative estimate of drug-likeness (QED) is 0.189. The van der Waals surface area contributed by atoms with Crippen molar-refractivity contribution in [2.24, 2.45) is 5.10 Å². The van der Waals surface area contributed by atoms with Crippen LogP contribution < -0.4 is 10.2 Å². The van der Waals surface area contributed by atoms with E-state index in [4.69, 9.17) is 27.9 Å². The van der Waals surface area contributed by atoms with Gasteiger partial charge in [-0.25, -0.2) is 4.98 Å². The molecule has 11 heteroatoms. The van der Waals surface area contributed by atoms with Crippen LogP contribution in [0.5, 0.6) is 5.75 Å². The van der Waals surface area contributed by atoms with Crippen LogP contribution in [0, 0.1) is 10.1 Å². The van der Waals surface area contributed by atoms with Crippen molar-refractivity contribution in [2.45, 2.75) is 6.61 Å². The Hall–Kier alpha value is -2.20. The van der Waals surface area contributed by atoms with Gasteiger partial charge in [-0.05, 0) is 73.3 Å². The summed E-state index contributed by atoms with van der Waals surface area (Å²) in [7, 11) is 0. The molecule has 0 fully saturated rings. The number of benzene rings is 2. The summed E-state index contributed by atoms with van der Waals surface area (Å²) in [6.45, 7) is 0.298. The molecule has 154 valence electrons. The molecule has 0 aliphatic heterocycles. The number of nitrogens with one attached hydrogen (secondary N) is 1. The second-order valence-corrected chi connectivity index (χ2v) is 8.37. The van der Waals surface area contributed by atoms with E-state index in [1.807, 2.05) is 6.07 Å². The van der Waals surface area contributed by atoms with E-state index in [2.05, 4.69) is 47.4 Å². The Balaban J connectivity index is 1.70. The van der Waals surface area contributed by atoms with Crippen molar-refractivity contribution in [3.8, 4) is 5.75 Å². The molecule has 1 N–H and O–H groups in total. The molecular weight excluding hydrogens is 563 g/mol. The Labute approximate surface area is 198 Å². The third-order valence-electron chi connectivity index (χ3n) is 3.75. The molecule has 0 spiro atoms. The predicted octanol–water partition coefficient (Wildman–Crippen LogP) is 6.85. The molecule has 0 atom stereocenters. The second-order valence-electron chi connectivity index (χ2n) is 5.85. The lowest BCUT2D eigenvalue weighted by atomic mass is 10.2. The first-order chi connectivity index (χ1) is 14.3. The van der Waals surface area contributed by atoms with E-state index in [0.717, 1.165) is 11.1 Å². The first-order valence-electron chi connectivity index (χ1n) is 8.29. The number of aromatic nitrogens is 1. The van der Waals surface area contributed by atoms with E-state index >= 15 is 0 Å². The Kier molecular flexibility index (Phi) is 7.65. The van der Waals surface area contributed by atoms with Gasteiger partial charge in [0.1, 0.15) is 12.4 Å². The zero-order valence-corrected chi connectivity index (χ0v) is 19.7. The molecule has 0 saturated carbocycles. The molecule has 0 radical (unpaired) electrons. The molecule has 2 aromatic carbocycles. The molecule has 0 aliphatic carbocycles. The normalized spacial score (nSPS) is 10.9. The van der Waals surface area contributed by atoms with E-state index < -0.39 is 4.92 Å². The van der Waals surface area contributed by atoms with Gasteiger partial charge in [0, 0.05) is 12.3 Å². The smallest absolute Gasteiger partial charge is 0.313 e. The number of rotatable bonds is 7. The fourth-order valence-corrected chi connectivity index (χ4v) is 4.15. The van der Waals surface area contributed by atoms with E-state index in [-0.39, 0.29) is 11.5 Å². The van der Waals surface area contributed by atoms with E-state index in [9.17, 15) is 10.1 Å². The fraction of sp³-hybridized carbons (Fsp3) is 0.0526. The molecule has 0 aliphatic rings. The number of halogens is 4. The minimum absolute atomic E-state index is 0.0541. The molecule has 1 aromatic heterocycles. The third kappa shape index (κ3) is 5.69. The van der Waals surface area contributed by atoms with Crippen molar-refractivity contribution in [3.05, 3.63) is 88.9 Å². The molecule has 30 heavy (non-hydrogen) atoms. The summed E-state index contributed by atoms with van der Waals surface area (Å²) in [6.07, 6.45) is 2.95.